The summed E-state index contributed by atoms with van der Waals surface area (Å²) in [5.41, 5.74) is -0.00330. The summed E-state index contributed by atoms with van der Waals surface area (Å²) in [6.45, 7) is 0.929. The summed E-state index contributed by atoms with van der Waals surface area (Å²) in [5.74, 6) is -0.0448. The fourth-order valence-corrected chi connectivity index (χ4v) is 4.25. The molecular formula is C12H16BrNO3S. The molecule has 0 aromatic heterocycles. The number of aliphatic hydroxyl groups is 1. The van der Waals surface area contributed by atoms with Crippen LogP contribution in [0.2, 0.25) is 0 Å². The van der Waals surface area contributed by atoms with Gasteiger partial charge in [0, 0.05) is 17.6 Å². The molecule has 0 aliphatic carbocycles. The highest BCUT2D eigenvalue weighted by Gasteiger charge is 2.40. The van der Waals surface area contributed by atoms with Crippen LogP contribution in [0.5, 0.6) is 0 Å². The van der Waals surface area contributed by atoms with Crippen molar-refractivity contribution in [2.45, 2.75) is 18.6 Å². The number of sulfone groups is 1. The molecule has 2 rings (SSSR count). The Balaban J connectivity index is 1.84. The second-order valence-corrected chi connectivity index (χ2v) is 7.90. The zero-order chi connectivity index (χ0) is 13.2. The predicted molar refractivity (Wildman–Crippen MR) is 74.1 cm³/mol. The second kappa shape index (κ2) is 5.28. The van der Waals surface area contributed by atoms with Crippen LogP contribution < -0.4 is 5.32 Å². The van der Waals surface area contributed by atoms with E-state index in [2.05, 4.69) is 21.2 Å². The van der Waals surface area contributed by atoms with Crippen molar-refractivity contribution in [1.82, 2.24) is 5.32 Å². The van der Waals surface area contributed by atoms with E-state index >= 15 is 0 Å². The van der Waals surface area contributed by atoms with Crippen molar-refractivity contribution >= 4 is 25.8 Å². The summed E-state index contributed by atoms with van der Waals surface area (Å²) in [6.07, 6.45) is 0.322. The van der Waals surface area contributed by atoms with Crippen LogP contribution in [0.3, 0.4) is 0 Å². The zero-order valence-corrected chi connectivity index (χ0v) is 12.3. The number of hydrogen-bond donors (Lipinski definition) is 2. The lowest BCUT2D eigenvalue weighted by Crippen LogP contribution is -2.41. The summed E-state index contributed by atoms with van der Waals surface area (Å²) < 4.78 is 23.7. The lowest BCUT2D eigenvalue weighted by molar-refractivity contribution is 0.0670. The van der Waals surface area contributed by atoms with E-state index in [4.69, 9.17) is 0 Å². The Kier molecular flexibility index (Phi) is 4.11. The first-order chi connectivity index (χ1) is 8.39. The molecular weight excluding hydrogens is 318 g/mol. The molecule has 100 valence electrons. The molecule has 1 unspecified atom stereocenters. The molecule has 0 spiro atoms. The van der Waals surface area contributed by atoms with Crippen LogP contribution >= 0.6 is 15.9 Å². The molecule has 1 saturated heterocycles. The summed E-state index contributed by atoms with van der Waals surface area (Å²) in [6, 6.07) is 7.86. The van der Waals surface area contributed by atoms with Gasteiger partial charge in [0.05, 0.1) is 17.1 Å². The maximum atomic E-state index is 11.3. The molecule has 1 heterocycles. The van der Waals surface area contributed by atoms with E-state index in [1.807, 2.05) is 24.3 Å². The van der Waals surface area contributed by atoms with Gasteiger partial charge in [0.25, 0.3) is 0 Å². The highest BCUT2D eigenvalue weighted by atomic mass is 79.9. The molecule has 0 radical (unpaired) electrons. The van der Waals surface area contributed by atoms with Crippen LogP contribution in [0.15, 0.2) is 28.7 Å². The van der Waals surface area contributed by atoms with Gasteiger partial charge in [-0.05, 0) is 24.1 Å². The quantitative estimate of drug-likeness (QED) is 0.865. The number of halogens is 1. The lowest BCUT2D eigenvalue weighted by Gasteiger charge is -2.21. The van der Waals surface area contributed by atoms with Crippen molar-refractivity contribution in [3.05, 3.63) is 34.3 Å². The molecule has 0 amide bonds. The maximum absolute atomic E-state index is 11.3. The summed E-state index contributed by atoms with van der Waals surface area (Å²) in [5, 5.41) is 13.2. The van der Waals surface area contributed by atoms with E-state index in [1.54, 1.807) is 0 Å². The molecule has 1 aliphatic rings. The van der Waals surface area contributed by atoms with Crippen LogP contribution in [-0.4, -0.2) is 37.2 Å². The summed E-state index contributed by atoms with van der Waals surface area (Å²) in [7, 11) is -3.05. The third-order valence-electron chi connectivity index (χ3n) is 3.06. The number of benzene rings is 1. The summed E-state index contributed by atoms with van der Waals surface area (Å²) in [4.78, 5) is 0. The highest BCUT2D eigenvalue weighted by molar-refractivity contribution is 9.10. The Morgan fingerprint density at radius 1 is 1.33 bits per heavy atom. The van der Waals surface area contributed by atoms with Crippen molar-refractivity contribution in [3.63, 3.8) is 0 Å². The van der Waals surface area contributed by atoms with Gasteiger partial charge in [-0.2, -0.15) is 0 Å². The van der Waals surface area contributed by atoms with Crippen molar-refractivity contribution in [2.24, 2.45) is 0 Å². The normalized spacial score (nSPS) is 26.3. The predicted octanol–water partition coefficient (Wildman–Crippen LogP) is 1.09. The van der Waals surface area contributed by atoms with Crippen molar-refractivity contribution in [1.29, 1.82) is 0 Å². The van der Waals surface area contributed by atoms with Gasteiger partial charge in [0.2, 0.25) is 0 Å². The van der Waals surface area contributed by atoms with E-state index < -0.39 is 15.4 Å². The fourth-order valence-electron chi connectivity index (χ4n) is 2.08. The standard InChI is InChI=1S/C12H16BrNO3S/c13-11-3-1-10(2-4-11)7-14-8-12(15)5-6-18(16,17)9-12/h1-4,14-15H,5-9H2. The minimum atomic E-state index is -3.05. The van der Waals surface area contributed by atoms with Crippen LogP contribution in [0.25, 0.3) is 0 Å². The molecule has 2 N–H and O–H groups in total. The van der Waals surface area contributed by atoms with Gasteiger partial charge >= 0.3 is 0 Å². The topological polar surface area (TPSA) is 66.4 Å². The molecule has 1 fully saturated rings. The summed E-state index contributed by atoms with van der Waals surface area (Å²) >= 11 is 3.36. The average Bonchev–Trinajstić information content (AvgIpc) is 2.56. The van der Waals surface area contributed by atoms with Crippen molar-refractivity contribution < 1.29 is 13.5 Å². The van der Waals surface area contributed by atoms with Gasteiger partial charge in [0.1, 0.15) is 0 Å². The first kappa shape index (κ1) is 14.0. The van der Waals surface area contributed by atoms with E-state index in [-0.39, 0.29) is 11.5 Å². The lowest BCUT2D eigenvalue weighted by atomic mass is 10.0. The minimum absolute atomic E-state index is 0.0868. The third kappa shape index (κ3) is 3.78. The molecule has 4 nitrogen and oxygen atoms in total. The van der Waals surface area contributed by atoms with Gasteiger partial charge in [0.15, 0.2) is 9.84 Å². The van der Waals surface area contributed by atoms with Gasteiger partial charge in [-0.25, -0.2) is 8.42 Å². The third-order valence-corrected chi connectivity index (χ3v) is 5.40. The van der Waals surface area contributed by atoms with Gasteiger partial charge in [-0.15, -0.1) is 0 Å². The zero-order valence-electron chi connectivity index (χ0n) is 9.89. The molecule has 1 atom stereocenters. The van der Waals surface area contributed by atoms with Crippen molar-refractivity contribution in [3.8, 4) is 0 Å². The maximum Gasteiger partial charge on any atom is 0.153 e. The van der Waals surface area contributed by atoms with Gasteiger partial charge in [-0.1, -0.05) is 28.1 Å². The van der Waals surface area contributed by atoms with Crippen LogP contribution in [-0.2, 0) is 16.4 Å². The minimum Gasteiger partial charge on any atom is -0.387 e. The van der Waals surface area contributed by atoms with Crippen LogP contribution in [0.4, 0.5) is 0 Å². The molecule has 1 aromatic rings. The van der Waals surface area contributed by atoms with E-state index in [1.165, 1.54) is 0 Å². The average molecular weight is 334 g/mol. The highest BCUT2D eigenvalue weighted by Crippen LogP contribution is 2.22. The Hall–Kier alpha value is -0.430. The largest absolute Gasteiger partial charge is 0.387 e. The SMILES string of the molecule is O=S1(=O)CCC(O)(CNCc2ccc(Br)cc2)C1. The Morgan fingerprint density at radius 2 is 2.00 bits per heavy atom. The molecule has 6 heteroatoms. The van der Waals surface area contributed by atoms with Gasteiger partial charge in [-0.3, -0.25) is 0 Å². The van der Waals surface area contributed by atoms with Crippen LogP contribution in [0.1, 0.15) is 12.0 Å². The van der Waals surface area contributed by atoms with Gasteiger partial charge < -0.3 is 10.4 Å². The molecule has 1 aliphatic heterocycles. The fraction of sp³-hybridized carbons (Fsp3) is 0.500. The van der Waals surface area contributed by atoms with E-state index in [9.17, 15) is 13.5 Å². The number of nitrogens with one attached hydrogen (secondary N) is 1. The molecule has 1 aromatic carbocycles. The van der Waals surface area contributed by atoms with Crippen LogP contribution in [0, 0.1) is 0 Å². The number of rotatable bonds is 4. The molecule has 0 bridgehead atoms. The van der Waals surface area contributed by atoms with Crippen molar-refractivity contribution in [2.75, 3.05) is 18.1 Å². The molecule has 0 saturated carbocycles. The monoisotopic (exact) mass is 333 g/mol. The molecule has 18 heavy (non-hydrogen) atoms. The Bertz CT molecular complexity index is 515. The number of hydrogen-bond acceptors (Lipinski definition) is 4. The first-order valence-corrected chi connectivity index (χ1v) is 8.38. The van der Waals surface area contributed by atoms with E-state index in [0.717, 1.165) is 10.0 Å². The van der Waals surface area contributed by atoms with E-state index in [0.29, 0.717) is 19.5 Å². The Labute approximate surface area is 115 Å². The smallest absolute Gasteiger partial charge is 0.153 e. The second-order valence-electron chi connectivity index (χ2n) is 4.80. The Morgan fingerprint density at radius 3 is 2.56 bits per heavy atom. The first-order valence-electron chi connectivity index (χ1n) is 5.77.